The van der Waals surface area contributed by atoms with Crippen molar-refractivity contribution in [2.24, 2.45) is 0 Å². The van der Waals surface area contributed by atoms with E-state index in [4.69, 9.17) is 4.74 Å². The lowest BCUT2D eigenvalue weighted by atomic mass is 9.85. The van der Waals surface area contributed by atoms with Crippen LogP contribution in [0, 0.1) is 0 Å². The Kier molecular flexibility index (Phi) is 18.4. The molecule has 2 aromatic carbocycles. The van der Waals surface area contributed by atoms with Crippen molar-refractivity contribution in [1.29, 1.82) is 0 Å². The van der Waals surface area contributed by atoms with Gasteiger partial charge in [-0.15, -0.1) is 0 Å². The Balaban J connectivity index is 2.38. The third kappa shape index (κ3) is 12.2. The Morgan fingerprint density at radius 2 is 1.02 bits per heavy atom. The summed E-state index contributed by atoms with van der Waals surface area (Å²) in [5, 5.41) is 0. The molecule has 2 nitrogen and oxygen atoms in total. The Hall–Kier alpha value is -2.09. The minimum absolute atomic E-state index is 0.0944. The number of methoxy groups -OCH3 is 1. The zero-order valence-corrected chi connectivity index (χ0v) is 26.6. The average Bonchev–Trinajstić information content (AvgIpc) is 2.98. The summed E-state index contributed by atoms with van der Waals surface area (Å²) in [5.74, 6) is 0.937. The summed E-state index contributed by atoms with van der Waals surface area (Å²) in [6, 6.07) is 12.0. The van der Waals surface area contributed by atoms with Crippen molar-refractivity contribution in [2.75, 3.05) is 7.11 Å². The van der Waals surface area contributed by atoms with Crippen LogP contribution in [0.5, 0.6) is 5.75 Å². The molecular weight excluding hydrogens is 488 g/mol. The van der Waals surface area contributed by atoms with Gasteiger partial charge < -0.3 is 4.74 Å². The van der Waals surface area contributed by atoms with Crippen molar-refractivity contribution in [3.05, 3.63) is 64.2 Å². The molecule has 2 aromatic rings. The summed E-state index contributed by atoms with van der Waals surface area (Å²) >= 11 is 0. The highest BCUT2D eigenvalue weighted by atomic mass is 16.5. The third-order valence-corrected chi connectivity index (χ3v) is 8.43. The number of rotatable bonds is 24. The molecule has 224 valence electrons. The molecule has 0 N–H and O–H groups in total. The highest BCUT2D eigenvalue weighted by Crippen LogP contribution is 2.35. The highest BCUT2D eigenvalue weighted by Gasteiger charge is 2.23. The number of hydrogen-bond donors (Lipinski definition) is 0. The number of carbonyl (C=O) groups excluding carboxylic acids is 1. The van der Waals surface area contributed by atoms with E-state index in [1.54, 1.807) is 7.11 Å². The van der Waals surface area contributed by atoms with Gasteiger partial charge in [-0.3, -0.25) is 4.79 Å². The summed E-state index contributed by atoms with van der Waals surface area (Å²) in [4.78, 5) is 13.8. The Morgan fingerprint density at radius 1 is 0.575 bits per heavy atom. The number of carbonyl (C=O) groups is 1. The molecule has 0 aromatic heterocycles. The molecule has 0 spiro atoms. The number of aryl methyl sites for hydroxylation is 1. The number of ether oxygens (including phenoxy) is 1. The Morgan fingerprint density at radius 3 is 1.52 bits per heavy atom. The maximum Gasteiger partial charge on any atom is 0.196 e. The highest BCUT2D eigenvalue weighted by molar-refractivity contribution is 6.11. The van der Waals surface area contributed by atoms with Gasteiger partial charge in [0.1, 0.15) is 5.75 Å². The van der Waals surface area contributed by atoms with Crippen LogP contribution >= 0.6 is 0 Å². The number of ketones is 1. The van der Waals surface area contributed by atoms with Crippen LogP contribution in [0.4, 0.5) is 0 Å². The molecule has 0 amide bonds. The summed E-state index contributed by atoms with van der Waals surface area (Å²) in [6.45, 7) is 6.84. The molecule has 2 rings (SSSR count). The third-order valence-electron chi connectivity index (χ3n) is 8.43. The molecular formula is C38H60O2. The fourth-order valence-corrected chi connectivity index (χ4v) is 6.03. The first-order valence-corrected chi connectivity index (χ1v) is 17.0. The second kappa shape index (κ2) is 21.6. The van der Waals surface area contributed by atoms with Crippen LogP contribution in [0.3, 0.4) is 0 Å². The molecule has 2 heteroatoms. The van der Waals surface area contributed by atoms with E-state index < -0.39 is 0 Å². The van der Waals surface area contributed by atoms with Gasteiger partial charge in [0, 0.05) is 5.56 Å². The van der Waals surface area contributed by atoms with E-state index in [-0.39, 0.29) is 5.78 Å². The molecule has 40 heavy (non-hydrogen) atoms. The van der Waals surface area contributed by atoms with Gasteiger partial charge in [-0.1, -0.05) is 147 Å². The molecule has 0 bridgehead atoms. The van der Waals surface area contributed by atoms with Crippen LogP contribution in [0.1, 0.15) is 169 Å². The predicted octanol–water partition coefficient (Wildman–Crippen LogP) is 11.6. The lowest BCUT2D eigenvalue weighted by Gasteiger charge is -2.22. The van der Waals surface area contributed by atoms with Crippen molar-refractivity contribution in [3.63, 3.8) is 0 Å². The zero-order valence-electron chi connectivity index (χ0n) is 26.6. The molecule has 0 radical (unpaired) electrons. The van der Waals surface area contributed by atoms with E-state index in [1.165, 1.54) is 132 Å². The molecule has 0 aliphatic heterocycles. The topological polar surface area (TPSA) is 26.3 Å². The monoisotopic (exact) mass is 548 g/mol. The standard InChI is InChI=1S/C38H60O2/c1-5-8-11-14-17-21-28-33-31-36(37(39)32-26-22-20-23-27-32)38(40-4)35(30-25-19-16-13-10-7-3)34(33)29-24-18-15-12-9-6-2/h20,22-23,26-27,31H,5-19,21,24-25,28-30H2,1-4H3. The van der Waals surface area contributed by atoms with Crippen molar-refractivity contribution in [2.45, 2.75) is 156 Å². The molecule has 0 unspecified atom stereocenters. The maximum atomic E-state index is 13.8. The van der Waals surface area contributed by atoms with Crippen LogP contribution in [-0.4, -0.2) is 12.9 Å². The number of unbranched alkanes of at least 4 members (excludes halogenated alkanes) is 15. The van der Waals surface area contributed by atoms with E-state index >= 15 is 0 Å². The second-order valence-corrected chi connectivity index (χ2v) is 11.8. The van der Waals surface area contributed by atoms with E-state index in [9.17, 15) is 4.79 Å². The average molecular weight is 549 g/mol. The van der Waals surface area contributed by atoms with Gasteiger partial charge in [-0.25, -0.2) is 0 Å². The lowest BCUT2D eigenvalue weighted by Crippen LogP contribution is -2.12. The summed E-state index contributed by atoms with van der Waals surface area (Å²) < 4.78 is 6.12. The van der Waals surface area contributed by atoms with Gasteiger partial charge in [0.05, 0.1) is 12.7 Å². The van der Waals surface area contributed by atoms with Crippen molar-refractivity contribution in [1.82, 2.24) is 0 Å². The van der Waals surface area contributed by atoms with E-state index in [1.807, 2.05) is 30.3 Å². The summed E-state index contributed by atoms with van der Waals surface area (Å²) in [5.41, 5.74) is 5.75. The fourth-order valence-electron chi connectivity index (χ4n) is 6.03. The molecule has 0 saturated carbocycles. The summed E-state index contributed by atoms with van der Waals surface area (Å²) in [7, 11) is 1.77. The van der Waals surface area contributed by atoms with E-state index in [0.29, 0.717) is 0 Å². The van der Waals surface area contributed by atoms with Gasteiger partial charge in [-0.2, -0.15) is 0 Å². The SMILES string of the molecule is CCCCCCCCc1cc(C(=O)c2ccccc2)c(OC)c(CCCCCCCC)c1CCCCCCCC. The van der Waals surface area contributed by atoms with Gasteiger partial charge >= 0.3 is 0 Å². The van der Waals surface area contributed by atoms with Crippen LogP contribution < -0.4 is 4.74 Å². The first kappa shape index (κ1) is 34.1. The first-order valence-electron chi connectivity index (χ1n) is 17.0. The minimum atomic E-state index is 0.0944. The second-order valence-electron chi connectivity index (χ2n) is 11.8. The van der Waals surface area contributed by atoms with Crippen LogP contribution in [0.2, 0.25) is 0 Å². The Bertz CT molecular complexity index is 930. The van der Waals surface area contributed by atoms with Crippen LogP contribution in [0.15, 0.2) is 36.4 Å². The van der Waals surface area contributed by atoms with E-state index in [0.717, 1.165) is 36.1 Å². The summed E-state index contributed by atoms with van der Waals surface area (Å²) in [6.07, 6.45) is 26.4. The van der Waals surface area contributed by atoms with Crippen LogP contribution in [-0.2, 0) is 19.3 Å². The molecule has 0 fully saturated rings. The minimum Gasteiger partial charge on any atom is -0.496 e. The van der Waals surface area contributed by atoms with E-state index in [2.05, 4.69) is 26.8 Å². The number of benzene rings is 2. The van der Waals surface area contributed by atoms with Gasteiger partial charge in [0.15, 0.2) is 5.78 Å². The first-order chi connectivity index (χ1) is 19.7. The molecule has 0 aliphatic carbocycles. The fraction of sp³-hybridized carbons (Fsp3) is 0.658. The predicted molar refractivity (Wildman–Crippen MR) is 174 cm³/mol. The quantitative estimate of drug-likeness (QED) is 0.0963. The smallest absolute Gasteiger partial charge is 0.196 e. The van der Waals surface area contributed by atoms with Crippen molar-refractivity contribution >= 4 is 5.78 Å². The molecule has 0 aliphatic rings. The maximum absolute atomic E-state index is 13.8. The molecule has 0 heterocycles. The lowest BCUT2D eigenvalue weighted by molar-refractivity contribution is 0.103. The number of hydrogen-bond acceptors (Lipinski definition) is 2. The molecule has 0 saturated heterocycles. The Labute approximate surface area is 247 Å². The molecule has 0 atom stereocenters. The van der Waals surface area contributed by atoms with Gasteiger partial charge in [0.25, 0.3) is 0 Å². The normalized spacial score (nSPS) is 11.2. The largest absolute Gasteiger partial charge is 0.496 e. The van der Waals surface area contributed by atoms with Crippen molar-refractivity contribution < 1.29 is 9.53 Å². The van der Waals surface area contributed by atoms with Crippen LogP contribution in [0.25, 0.3) is 0 Å². The van der Waals surface area contributed by atoms with Crippen molar-refractivity contribution in [3.8, 4) is 5.75 Å². The van der Waals surface area contributed by atoms with Gasteiger partial charge in [-0.05, 0) is 61.3 Å². The zero-order chi connectivity index (χ0) is 28.8. The van der Waals surface area contributed by atoms with Gasteiger partial charge in [0.2, 0.25) is 0 Å².